The normalized spacial score (nSPS) is 14.1. The lowest BCUT2D eigenvalue weighted by molar-refractivity contribution is -0.132. The number of nitrogens with one attached hydrogen (secondary N) is 1. The molecule has 2 amide bonds. The van der Waals surface area contributed by atoms with Gasteiger partial charge in [-0.3, -0.25) is 9.59 Å². The van der Waals surface area contributed by atoms with Gasteiger partial charge < -0.3 is 15.1 Å². The highest BCUT2D eigenvalue weighted by Gasteiger charge is 2.31. The highest BCUT2D eigenvalue weighted by molar-refractivity contribution is 6.31. The number of anilines is 2. The van der Waals surface area contributed by atoms with E-state index in [-0.39, 0.29) is 22.5 Å². The number of hydrogen-bond acceptors (Lipinski definition) is 3. The third-order valence-corrected chi connectivity index (χ3v) is 5.43. The molecule has 5 nitrogen and oxygen atoms in total. The second-order valence-corrected chi connectivity index (χ2v) is 8.46. The number of carbonyl (C=O) groups is 2. The molecule has 1 heterocycles. The van der Waals surface area contributed by atoms with Crippen LogP contribution in [0.2, 0.25) is 5.02 Å². The Hall–Kier alpha value is -2.88. The van der Waals surface area contributed by atoms with Crippen LogP contribution in [0, 0.1) is 35.0 Å². The lowest BCUT2D eigenvalue weighted by atomic mass is 10.1. The highest BCUT2D eigenvalue weighted by atomic mass is 35.5. The summed E-state index contributed by atoms with van der Waals surface area (Å²) >= 11 is 5.99. The molecular weight excluding hydrogens is 469 g/mol. The first-order valence-electron chi connectivity index (χ1n) is 10.2. The van der Waals surface area contributed by atoms with E-state index in [1.807, 2.05) is 18.7 Å². The maximum absolute atomic E-state index is 14.0. The van der Waals surface area contributed by atoms with E-state index in [1.165, 1.54) is 12.1 Å². The van der Waals surface area contributed by atoms with Gasteiger partial charge >= 0.3 is 0 Å². The zero-order valence-electron chi connectivity index (χ0n) is 17.8. The van der Waals surface area contributed by atoms with Crippen molar-refractivity contribution in [3.63, 3.8) is 0 Å². The monoisotopic (exact) mass is 489 g/mol. The number of piperazine rings is 1. The molecule has 0 spiro atoms. The highest BCUT2D eigenvalue weighted by Crippen LogP contribution is 2.32. The van der Waals surface area contributed by atoms with Crippen molar-refractivity contribution in [3.05, 3.63) is 57.9 Å². The summed E-state index contributed by atoms with van der Waals surface area (Å²) in [7, 11) is 0. The van der Waals surface area contributed by atoms with E-state index < -0.39 is 40.6 Å². The van der Waals surface area contributed by atoms with Crippen molar-refractivity contribution < 1.29 is 31.5 Å². The minimum absolute atomic E-state index is 0.0263. The summed E-state index contributed by atoms with van der Waals surface area (Å²) in [5.41, 5.74) is -1.15. The molecule has 33 heavy (non-hydrogen) atoms. The molecule has 1 fully saturated rings. The average Bonchev–Trinajstić information content (AvgIpc) is 2.76. The van der Waals surface area contributed by atoms with Crippen molar-refractivity contribution in [3.8, 4) is 0 Å². The van der Waals surface area contributed by atoms with Gasteiger partial charge in [0.25, 0.3) is 5.91 Å². The fourth-order valence-corrected chi connectivity index (χ4v) is 3.72. The Bertz CT molecular complexity index is 1060. The predicted octanol–water partition coefficient (Wildman–Crippen LogP) is 4.98. The minimum atomic E-state index is -2.35. The van der Waals surface area contributed by atoms with Gasteiger partial charge in [-0.05, 0) is 24.1 Å². The van der Waals surface area contributed by atoms with Crippen molar-refractivity contribution in [2.24, 2.45) is 5.92 Å². The summed E-state index contributed by atoms with van der Waals surface area (Å²) in [6, 6.07) is 4.39. The van der Waals surface area contributed by atoms with E-state index in [4.69, 9.17) is 11.6 Å². The minimum Gasteiger partial charge on any atom is -0.366 e. The standard InChI is InChI=1S/C22H21ClF5N3O2/c1-11(2)9-15(32)31-7-5-30(6-8-31)14-4-3-12(23)10-13(14)29-22(33)16-17(24)19(26)21(28)20(27)18(16)25/h3-4,10-11H,5-9H2,1-2H3,(H,29,33). The Morgan fingerprint density at radius 3 is 2.03 bits per heavy atom. The van der Waals surface area contributed by atoms with Crippen LogP contribution < -0.4 is 10.2 Å². The van der Waals surface area contributed by atoms with Gasteiger partial charge in [-0.25, -0.2) is 22.0 Å². The summed E-state index contributed by atoms with van der Waals surface area (Å²) in [6.45, 7) is 5.52. The first-order chi connectivity index (χ1) is 15.5. The summed E-state index contributed by atoms with van der Waals surface area (Å²) < 4.78 is 68.4. The van der Waals surface area contributed by atoms with Crippen LogP contribution >= 0.6 is 11.6 Å². The van der Waals surface area contributed by atoms with E-state index in [1.54, 1.807) is 11.0 Å². The Morgan fingerprint density at radius 2 is 1.48 bits per heavy atom. The van der Waals surface area contributed by atoms with Gasteiger partial charge in [-0.1, -0.05) is 25.4 Å². The molecule has 0 aromatic heterocycles. The van der Waals surface area contributed by atoms with Crippen molar-refractivity contribution >= 4 is 34.8 Å². The van der Waals surface area contributed by atoms with Crippen LogP contribution in [0.15, 0.2) is 18.2 Å². The van der Waals surface area contributed by atoms with Gasteiger partial charge in [-0.15, -0.1) is 0 Å². The zero-order chi connectivity index (χ0) is 24.4. The third-order valence-electron chi connectivity index (χ3n) is 5.20. The number of carbonyl (C=O) groups excluding carboxylic acids is 2. The maximum Gasteiger partial charge on any atom is 0.261 e. The Labute approximate surface area is 192 Å². The molecule has 0 atom stereocenters. The van der Waals surface area contributed by atoms with E-state index in [9.17, 15) is 31.5 Å². The fraction of sp³-hybridized carbons (Fsp3) is 0.364. The van der Waals surface area contributed by atoms with Gasteiger partial charge in [0, 0.05) is 37.6 Å². The second-order valence-electron chi connectivity index (χ2n) is 8.03. The molecule has 0 saturated carbocycles. The molecule has 2 aromatic carbocycles. The van der Waals surface area contributed by atoms with Crippen LogP contribution in [0.5, 0.6) is 0 Å². The molecule has 11 heteroatoms. The molecule has 1 saturated heterocycles. The SMILES string of the molecule is CC(C)CC(=O)N1CCN(c2ccc(Cl)cc2NC(=O)c2c(F)c(F)c(F)c(F)c2F)CC1. The summed E-state index contributed by atoms with van der Waals surface area (Å²) in [6.07, 6.45) is 0.421. The number of nitrogens with zero attached hydrogens (tertiary/aromatic N) is 2. The summed E-state index contributed by atoms with van der Waals surface area (Å²) in [5.74, 6) is -12.5. The number of amides is 2. The molecule has 3 rings (SSSR count). The van der Waals surface area contributed by atoms with Crippen molar-refractivity contribution in [1.29, 1.82) is 0 Å². The van der Waals surface area contributed by atoms with Crippen LogP contribution in [0.25, 0.3) is 0 Å². The lowest BCUT2D eigenvalue weighted by Crippen LogP contribution is -2.49. The molecule has 2 aromatic rings. The Morgan fingerprint density at radius 1 is 0.939 bits per heavy atom. The first kappa shape index (κ1) is 24.8. The van der Waals surface area contributed by atoms with Crippen LogP contribution in [-0.4, -0.2) is 42.9 Å². The van der Waals surface area contributed by atoms with Crippen molar-refractivity contribution in [2.75, 3.05) is 36.4 Å². The van der Waals surface area contributed by atoms with Crippen LogP contribution in [0.4, 0.5) is 33.3 Å². The largest absolute Gasteiger partial charge is 0.366 e. The third kappa shape index (κ3) is 5.21. The Balaban J connectivity index is 1.84. The zero-order valence-corrected chi connectivity index (χ0v) is 18.6. The molecule has 178 valence electrons. The molecule has 0 radical (unpaired) electrons. The molecule has 0 bridgehead atoms. The van der Waals surface area contributed by atoms with Gasteiger partial charge in [-0.2, -0.15) is 0 Å². The smallest absolute Gasteiger partial charge is 0.261 e. The maximum atomic E-state index is 14.0. The van der Waals surface area contributed by atoms with Crippen molar-refractivity contribution in [2.45, 2.75) is 20.3 Å². The van der Waals surface area contributed by atoms with Gasteiger partial charge in [0.2, 0.25) is 11.7 Å². The quantitative estimate of drug-likeness (QED) is 0.366. The van der Waals surface area contributed by atoms with Gasteiger partial charge in [0.1, 0.15) is 5.56 Å². The predicted molar refractivity (Wildman–Crippen MR) is 114 cm³/mol. The topological polar surface area (TPSA) is 52.7 Å². The molecular formula is C22H21ClF5N3O2. The molecule has 1 N–H and O–H groups in total. The number of halogens is 6. The van der Waals surface area contributed by atoms with Crippen LogP contribution in [-0.2, 0) is 4.79 Å². The number of hydrogen-bond donors (Lipinski definition) is 1. The van der Waals surface area contributed by atoms with Gasteiger partial charge in [0.05, 0.1) is 11.4 Å². The van der Waals surface area contributed by atoms with Crippen LogP contribution in [0.1, 0.15) is 30.6 Å². The fourth-order valence-electron chi connectivity index (χ4n) is 3.55. The van der Waals surface area contributed by atoms with E-state index in [0.29, 0.717) is 38.3 Å². The molecule has 0 aliphatic carbocycles. The summed E-state index contributed by atoms with van der Waals surface area (Å²) in [5, 5.41) is 2.38. The summed E-state index contributed by atoms with van der Waals surface area (Å²) in [4.78, 5) is 28.3. The van der Waals surface area contributed by atoms with E-state index in [0.717, 1.165) is 0 Å². The molecule has 1 aliphatic rings. The molecule has 0 unspecified atom stereocenters. The lowest BCUT2D eigenvalue weighted by Gasteiger charge is -2.37. The number of benzene rings is 2. The Kier molecular flexibility index (Phi) is 7.46. The van der Waals surface area contributed by atoms with Crippen molar-refractivity contribution in [1.82, 2.24) is 4.90 Å². The van der Waals surface area contributed by atoms with Gasteiger partial charge in [0.15, 0.2) is 23.3 Å². The van der Waals surface area contributed by atoms with E-state index in [2.05, 4.69) is 5.32 Å². The number of rotatable bonds is 5. The average molecular weight is 490 g/mol. The molecule has 1 aliphatic heterocycles. The van der Waals surface area contributed by atoms with Crippen LogP contribution in [0.3, 0.4) is 0 Å². The second kappa shape index (κ2) is 9.94. The van der Waals surface area contributed by atoms with E-state index >= 15 is 0 Å². The first-order valence-corrected chi connectivity index (χ1v) is 10.5.